The first-order chi connectivity index (χ1) is 10.4. The summed E-state index contributed by atoms with van der Waals surface area (Å²) in [5.74, 6) is -0.206. The zero-order valence-corrected chi connectivity index (χ0v) is 12.1. The topological polar surface area (TPSA) is 47.4 Å². The summed E-state index contributed by atoms with van der Waals surface area (Å²) < 4.78 is 45.4. The number of ether oxygens (including phenoxy) is 1. The van der Waals surface area contributed by atoms with E-state index in [1.165, 1.54) is 10.7 Å². The molecule has 8 heteroatoms. The van der Waals surface area contributed by atoms with Crippen LogP contribution in [0.5, 0.6) is 5.88 Å². The van der Waals surface area contributed by atoms with Gasteiger partial charge in [0.2, 0.25) is 5.88 Å². The molecule has 0 bridgehead atoms. The molecule has 0 aromatic carbocycles. The Hall–Kier alpha value is -1.73. The minimum absolute atomic E-state index is 0.0352. The fourth-order valence-electron chi connectivity index (χ4n) is 3.09. The number of alkyl halides is 3. The van der Waals surface area contributed by atoms with Gasteiger partial charge in [0.25, 0.3) is 5.91 Å². The molecule has 2 aliphatic rings. The minimum atomic E-state index is -4.41. The molecule has 0 spiro atoms. The number of hydrogen-bond donors (Lipinski definition) is 0. The highest BCUT2D eigenvalue weighted by molar-refractivity contribution is 5.93. The van der Waals surface area contributed by atoms with E-state index in [1.54, 1.807) is 0 Å². The van der Waals surface area contributed by atoms with Crippen LogP contribution in [0.25, 0.3) is 0 Å². The lowest BCUT2D eigenvalue weighted by Crippen LogP contribution is -2.44. The molecule has 0 N–H and O–H groups in total. The smallest absolute Gasteiger partial charge is 0.406 e. The molecule has 1 amide bonds. The lowest BCUT2D eigenvalue weighted by Gasteiger charge is -2.29. The van der Waals surface area contributed by atoms with Crippen LogP contribution in [0.1, 0.15) is 42.6 Å². The normalized spacial score (nSPS) is 18.9. The summed E-state index contributed by atoms with van der Waals surface area (Å²) in [6.45, 7) is -0.0704. The van der Waals surface area contributed by atoms with Crippen molar-refractivity contribution in [2.45, 2.75) is 50.9 Å². The van der Waals surface area contributed by atoms with Gasteiger partial charge in [-0.15, -0.1) is 0 Å². The maximum absolute atomic E-state index is 12.8. The highest BCUT2D eigenvalue weighted by atomic mass is 19.4. The number of carbonyl (C=O) groups is 1. The molecule has 5 nitrogen and oxygen atoms in total. The number of rotatable bonds is 3. The average Bonchev–Trinajstić information content (AvgIpc) is 3.11. The lowest BCUT2D eigenvalue weighted by molar-refractivity contribution is -0.144. The Balaban J connectivity index is 1.82. The van der Waals surface area contributed by atoms with Crippen molar-refractivity contribution < 1.29 is 22.7 Å². The predicted octanol–water partition coefficient (Wildman–Crippen LogP) is 2.61. The Morgan fingerprint density at radius 1 is 1.36 bits per heavy atom. The Morgan fingerprint density at radius 3 is 2.73 bits per heavy atom. The fourth-order valence-corrected chi connectivity index (χ4v) is 3.09. The van der Waals surface area contributed by atoms with Crippen molar-refractivity contribution in [1.82, 2.24) is 14.7 Å². The van der Waals surface area contributed by atoms with Crippen molar-refractivity contribution in [3.63, 3.8) is 0 Å². The monoisotopic (exact) mass is 317 g/mol. The molecule has 122 valence electrons. The molecule has 1 aromatic rings. The van der Waals surface area contributed by atoms with Crippen LogP contribution >= 0.6 is 0 Å². The van der Waals surface area contributed by atoms with Crippen molar-refractivity contribution in [2.75, 3.05) is 13.2 Å². The summed E-state index contributed by atoms with van der Waals surface area (Å²) in [7, 11) is 0. The third kappa shape index (κ3) is 3.20. The fraction of sp³-hybridized carbons (Fsp3) is 0.714. The second-order valence-electron chi connectivity index (χ2n) is 5.78. The number of fused-ring (bicyclic) bond motifs is 1. The van der Waals surface area contributed by atoms with Gasteiger partial charge in [-0.05, 0) is 12.8 Å². The van der Waals surface area contributed by atoms with Gasteiger partial charge in [-0.1, -0.05) is 12.8 Å². The van der Waals surface area contributed by atoms with Gasteiger partial charge < -0.3 is 9.64 Å². The standard InChI is InChI=1S/C14H18F3N3O2/c15-14(16,17)9-19(10-4-1-2-5-10)13(21)11-8-12-20(18-11)6-3-7-22-12/h8,10H,1-7,9H2. The average molecular weight is 317 g/mol. The first-order valence-corrected chi connectivity index (χ1v) is 7.52. The van der Waals surface area contributed by atoms with Gasteiger partial charge in [-0.3, -0.25) is 4.79 Å². The quantitative estimate of drug-likeness (QED) is 0.861. The molecule has 2 heterocycles. The van der Waals surface area contributed by atoms with Gasteiger partial charge in [-0.25, -0.2) is 4.68 Å². The van der Waals surface area contributed by atoms with Crippen LogP contribution in [0.2, 0.25) is 0 Å². The van der Waals surface area contributed by atoms with Crippen LogP contribution in [-0.2, 0) is 6.54 Å². The zero-order valence-electron chi connectivity index (χ0n) is 12.1. The molecular weight excluding hydrogens is 299 g/mol. The van der Waals surface area contributed by atoms with Crippen molar-refractivity contribution in [3.05, 3.63) is 11.8 Å². The summed E-state index contributed by atoms with van der Waals surface area (Å²) in [6, 6.07) is 1.09. The first kappa shape index (κ1) is 15.2. The maximum Gasteiger partial charge on any atom is 0.406 e. The highest BCUT2D eigenvalue weighted by Crippen LogP contribution is 2.29. The van der Waals surface area contributed by atoms with Crippen molar-refractivity contribution in [2.24, 2.45) is 0 Å². The van der Waals surface area contributed by atoms with Crippen LogP contribution in [-0.4, -0.2) is 46.0 Å². The Morgan fingerprint density at radius 2 is 2.09 bits per heavy atom. The number of aromatic nitrogens is 2. The molecule has 22 heavy (non-hydrogen) atoms. The van der Waals surface area contributed by atoms with Gasteiger partial charge in [0.05, 0.1) is 6.61 Å². The summed E-state index contributed by atoms with van der Waals surface area (Å²) in [5.41, 5.74) is 0.0352. The number of amides is 1. The molecule has 1 fully saturated rings. The van der Waals surface area contributed by atoms with Crippen molar-refractivity contribution in [3.8, 4) is 5.88 Å². The van der Waals surface area contributed by atoms with E-state index < -0.39 is 18.6 Å². The van der Waals surface area contributed by atoms with E-state index >= 15 is 0 Å². The molecule has 1 aromatic heterocycles. The van der Waals surface area contributed by atoms with E-state index in [9.17, 15) is 18.0 Å². The van der Waals surface area contributed by atoms with Crippen LogP contribution < -0.4 is 4.74 Å². The van der Waals surface area contributed by atoms with Gasteiger partial charge in [0, 0.05) is 25.1 Å². The number of aryl methyl sites for hydroxylation is 1. The van der Waals surface area contributed by atoms with Gasteiger partial charge >= 0.3 is 6.18 Å². The van der Waals surface area contributed by atoms with E-state index in [-0.39, 0.29) is 11.7 Å². The molecular formula is C14H18F3N3O2. The molecule has 0 unspecified atom stereocenters. The van der Waals surface area contributed by atoms with Gasteiger partial charge in [-0.2, -0.15) is 18.3 Å². The molecule has 0 atom stereocenters. The third-order valence-corrected chi connectivity index (χ3v) is 4.10. The third-order valence-electron chi connectivity index (χ3n) is 4.10. The Labute approximate surface area is 126 Å². The number of nitrogens with zero attached hydrogens (tertiary/aromatic N) is 3. The molecule has 1 saturated carbocycles. The van der Waals surface area contributed by atoms with E-state index in [0.29, 0.717) is 31.9 Å². The predicted molar refractivity (Wildman–Crippen MR) is 71.7 cm³/mol. The number of hydrogen-bond acceptors (Lipinski definition) is 3. The van der Waals surface area contributed by atoms with Crippen LogP contribution in [0.15, 0.2) is 6.07 Å². The van der Waals surface area contributed by atoms with E-state index in [4.69, 9.17) is 4.74 Å². The number of halogens is 3. The molecule has 0 radical (unpaired) electrons. The van der Waals surface area contributed by atoms with Gasteiger partial charge in [0.15, 0.2) is 5.69 Å². The SMILES string of the molecule is O=C(c1cc2n(n1)CCCO2)N(CC(F)(F)F)C1CCCC1. The van der Waals surface area contributed by atoms with Crippen LogP contribution in [0, 0.1) is 0 Å². The Kier molecular flexibility index (Phi) is 4.01. The summed E-state index contributed by atoms with van der Waals surface area (Å²) in [5, 5.41) is 4.11. The summed E-state index contributed by atoms with van der Waals surface area (Å²) in [6.07, 6.45) is -0.687. The maximum atomic E-state index is 12.8. The van der Waals surface area contributed by atoms with Crippen LogP contribution in [0.3, 0.4) is 0 Å². The molecule has 1 aliphatic heterocycles. The second kappa shape index (κ2) is 5.81. The molecule has 1 aliphatic carbocycles. The summed E-state index contributed by atoms with van der Waals surface area (Å²) in [4.78, 5) is 13.5. The van der Waals surface area contributed by atoms with Crippen molar-refractivity contribution in [1.29, 1.82) is 0 Å². The van der Waals surface area contributed by atoms with Crippen molar-refractivity contribution >= 4 is 5.91 Å². The zero-order chi connectivity index (χ0) is 15.7. The molecule has 0 saturated heterocycles. The Bertz CT molecular complexity index is 527. The van der Waals surface area contributed by atoms with Crippen LogP contribution in [0.4, 0.5) is 13.2 Å². The van der Waals surface area contributed by atoms with E-state index in [0.717, 1.165) is 24.2 Å². The minimum Gasteiger partial charge on any atom is -0.478 e. The second-order valence-corrected chi connectivity index (χ2v) is 5.78. The summed E-state index contributed by atoms with van der Waals surface area (Å²) >= 11 is 0. The molecule has 3 rings (SSSR count). The number of carbonyl (C=O) groups excluding carboxylic acids is 1. The van der Waals surface area contributed by atoms with E-state index in [2.05, 4.69) is 5.10 Å². The van der Waals surface area contributed by atoms with Gasteiger partial charge in [0.1, 0.15) is 6.54 Å². The van der Waals surface area contributed by atoms with E-state index in [1.807, 2.05) is 0 Å². The highest BCUT2D eigenvalue weighted by Gasteiger charge is 2.38. The first-order valence-electron chi connectivity index (χ1n) is 7.52. The largest absolute Gasteiger partial charge is 0.478 e. The lowest BCUT2D eigenvalue weighted by atomic mass is 10.2.